The molecule has 11 heteroatoms. The number of anilines is 1. The number of ether oxygens (including phenoxy) is 2. The number of halogens is 2. The Morgan fingerprint density at radius 1 is 1.18 bits per heavy atom. The third kappa shape index (κ3) is 5.22. The first kappa shape index (κ1) is 21.2. The summed E-state index contributed by atoms with van der Waals surface area (Å²) in [5, 5.41) is 2.35. The molecule has 0 radical (unpaired) electrons. The Balaban J connectivity index is 1.95. The number of carbonyl (C=O) groups excluding carboxylic acids is 2. The van der Waals surface area contributed by atoms with Gasteiger partial charge in [-0.05, 0) is 43.3 Å². The first-order chi connectivity index (χ1) is 13.3. The number of esters is 1. The van der Waals surface area contributed by atoms with E-state index in [2.05, 4.69) is 10.3 Å². The number of carbonyl (C=O) groups is 2. The lowest BCUT2D eigenvalue weighted by molar-refractivity contribution is -0.119. The van der Waals surface area contributed by atoms with Crippen LogP contribution in [0.1, 0.15) is 17.3 Å². The summed E-state index contributed by atoms with van der Waals surface area (Å²) < 4.78 is 57.7. The van der Waals surface area contributed by atoms with Crippen LogP contribution in [0.4, 0.5) is 14.5 Å². The molecule has 1 aromatic heterocycles. The third-order valence-electron chi connectivity index (χ3n) is 3.31. The van der Waals surface area contributed by atoms with Crippen LogP contribution in [0.3, 0.4) is 0 Å². The Morgan fingerprint density at radius 2 is 1.86 bits per heavy atom. The molecule has 2 aromatic rings. The Bertz CT molecular complexity index is 948. The van der Waals surface area contributed by atoms with Crippen molar-refractivity contribution >= 4 is 27.4 Å². The molecule has 0 atom stereocenters. The normalized spacial score (nSPS) is 11.1. The summed E-state index contributed by atoms with van der Waals surface area (Å²) in [5.41, 5.74) is 0.198. The smallest absolute Gasteiger partial charge is 0.344 e. The zero-order valence-electron chi connectivity index (χ0n) is 14.6. The van der Waals surface area contributed by atoms with Gasteiger partial charge in [0.25, 0.3) is 5.91 Å². The molecular weight excluding hydrogens is 398 g/mol. The van der Waals surface area contributed by atoms with Crippen LogP contribution in [0.2, 0.25) is 0 Å². The lowest BCUT2D eigenvalue weighted by atomic mass is 10.3. The van der Waals surface area contributed by atoms with Gasteiger partial charge in [-0.25, -0.2) is 18.2 Å². The SMILES string of the molecule is CCOc1ncccc1C(=O)OCC(=O)Nc1ccc(S(=O)(=O)C(F)F)cc1. The van der Waals surface area contributed by atoms with Crippen molar-refractivity contribution in [1.29, 1.82) is 0 Å². The lowest BCUT2D eigenvalue weighted by Crippen LogP contribution is -2.21. The van der Waals surface area contributed by atoms with Gasteiger partial charge in [-0.15, -0.1) is 0 Å². The van der Waals surface area contributed by atoms with Crippen LogP contribution in [-0.2, 0) is 19.4 Å². The Hall–Kier alpha value is -3.08. The highest BCUT2D eigenvalue weighted by atomic mass is 32.2. The van der Waals surface area contributed by atoms with Crippen LogP contribution in [0.5, 0.6) is 5.88 Å². The van der Waals surface area contributed by atoms with Crippen molar-refractivity contribution < 1.29 is 36.3 Å². The summed E-state index contributed by atoms with van der Waals surface area (Å²) >= 11 is 0. The monoisotopic (exact) mass is 414 g/mol. The van der Waals surface area contributed by atoms with Gasteiger partial charge in [-0.2, -0.15) is 8.78 Å². The number of benzene rings is 1. The molecule has 0 saturated carbocycles. The van der Waals surface area contributed by atoms with Gasteiger partial charge in [-0.1, -0.05) is 0 Å². The van der Waals surface area contributed by atoms with Crippen molar-refractivity contribution in [3.05, 3.63) is 48.2 Å². The number of hydrogen-bond donors (Lipinski definition) is 1. The quantitative estimate of drug-likeness (QED) is 0.660. The first-order valence-corrected chi connectivity index (χ1v) is 9.47. The van der Waals surface area contributed by atoms with Gasteiger partial charge in [-0.3, -0.25) is 4.79 Å². The molecule has 8 nitrogen and oxygen atoms in total. The maximum Gasteiger partial charge on any atom is 0.344 e. The van der Waals surface area contributed by atoms with Crippen molar-refractivity contribution in [2.24, 2.45) is 0 Å². The topological polar surface area (TPSA) is 112 Å². The van der Waals surface area contributed by atoms with E-state index in [1.54, 1.807) is 6.92 Å². The molecule has 0 aliphatic carbocycles. The molecule has 0 fully saturated rings. The molecule has 0 aliphatic heterocycles. The second-order valence-electron chi connectivity index (χ2n) is 5.24. The number of hydrogen-bond acceptors (Lipinski definition) is 7. The molecule has 150 valence electrons. The minimum Gasteiger partial charge on any atom is -0.477 e. The summed E-state index contributed by atoms with van der Waals surface area (Å²) in [6, 6.07) is 7.10. The highest BCUT2D eigenvalue weighted by Crippen LogP contribution is 2.20. The van der Waals surface area contributed by atoms with Gasteiger partial charge in [0.05, 0.1) is 11.5 Å². The minimum atomic E-state index is -4.72. The predicted octanol–water partition coefficient (Wildman–Crippen LogP) is 2.27. The average Bonchev–Trinajstić information content (AvgIpc) is 2.67. The van der Waals surface area contributed by atoms with Gasteiger partial charge in [0.15, 0.2) is 6.61 Å². The van der Waals surface area contributed by atoms with E-state index in [4.69, 9.17) is 9.47 Å². The molecule has 28 heavy (non-hydrogen) atoms. The lowest BCUT2D eigenvalue weighted by Gasteiger charge is -2.09. The van der Waals surface area contributed by atoms with E-state index in [-0.39, 0.29) is 23.7 Å². The highest BCUT2D eigenvalue weighted by molar-refractivity contribution is 7.91. The van der Waals surface area contributed by atoms with E-state index in [0.29, 0.717) is 0 Å². The van der Waals surface area contributed by atoms with E-state index in [0.717, 1.165) is 24.3 Å². The Labute approximate surface area is 159 Å². The second-order valence-corrected chi connectivity index (χ2v) is 7.16. The molecule has 1 amide bonds. The van der Waals surface area contributed by atoms with Gasteiger partial charge < -0.3 is 14.8 Å². The molecule has 1 aromatic carbocycles. The first-order valence-electron chi connectivity index (χ1n) is 7.92. The highest BCUT2D eigenvalue weighted by Gasteiger charge is 2.26. The minimum absolute atomic E-state index is 0.0544. The number of alkyl halides is 2. The summed E-state index contributed by atoms with van der Waals surface area (Å²) in [7, 11) is -4.72. The van der Waals surface area contributed by atoms with E-state index in [1.165, 1.54) is 18.3 Å². The van der Waals surface area contributed by atoms with Crippen molar-refractivity contribution in [1.82, 2.24) is 4.98 Å². The van der Waals surface area contributed by atoms with Crippen LogP contribution in [0.15, 0.2) is 47.5 Å². The number of rotatable bonds is 8. The zero-order valence-corrected chi connectivity index (χ0v) is 15.4. The molecule has 0 spiro atoms. The largest absolute Gasteiger partial charge is 0.477 e. The molecule has 0 aliphatic rings. The van der Waals surface area contributed by atoms with E-state index in [9.17, 15) is 26.8 Å². The van der Waals surface area contributed by atoms with Crippen LogP contribution < -0.4 is 10.1 Å². The van der Waals surface area contributed by atoms with Crippen molar-refractivity contribution in [3.8, 4) is 5.88 Å². The molecule has 0 bridgehead atoms. The number of aromatic nitrogens is 1. The van der Waals surface area contributed by atoms with Gasteiger partial charge in [0.1, 0.15) is 5.56 Å². The fraction of sp³-hybridized carbons (Fsp3) is 0.235. The standard InChI is InChI=1S/C17H16F2N2O6S/c1-2-26-15-13(4-3-9-20-15)16(23)27-10-14(22)21-11-5-7-12(8-6-11)28(24,25)17(18)19/h3-9,17H,2,10H2,1H3,(H,21,22). The molecule has 0 unspecified atom stereocenters. The van der Waals surface area contributed by atoms with Gasteiger partial charge in [0.2, 0.25) is 15.7 Å². The average molecular weight is 414 g/mol. The van der Waals surface area contributed by atoms with E-state index >= 15 is 0 Å². The van der Waals surface area contributed by atoms with Gasteiger partial charge in [0, 0.05) is 11.9 Å². The van der Waals surface area contributed by atoms with Crippen LogP contribution >= 0.6 is 0 Å². The fourth-order valence-electron chi connectivity index (χ4n) is 2.03. The summed E-state index contributed by atoms with van der Waals surface area (Å²) in [4.78, 5) is 27.3. The van der Waals surface area contributed by atoms with E-state index < -0.39 is 39.0 Å². The van der Waals surface area contributed by atoms with Crippen molar-refractivity contribution in [2.45, 2.75) is 17.6 Å². The molecule has 1 heterocycles. The maximum atomic E-state index is 12.5. The zero-order chi connectivity index (χ0) is 20.7. The number of sulfone groups is 1. The van der Waals surface area contributed by atoms with Crippen LogP contribution in [0, 0.1) is 0 Å². The molecule has 0 saturated heterocycles. The van der Waals surface area contributed by atoms with Gasteiger partial charge >= 0.3 is 11.7 Å². The van der Waals surface area contributed by atoms with Crippen molar-refractivity contribution in [2.75, 3.05) is 18.5 Å². The Morgan fingerprint density at radius 3 is 2.46 bits per heavy atom. The predicted molar refractivity (Wildman–Crippen MR) is 94.0 cm³/mol. The molecule has 2 rings (SSSR count). The summed E-state index contributed by atoms with van der Waals surface area (Å²) in [6.07, 6.45) is 1.44. The molecular formula is C17H16F2N2O6S. The van der Waals surface area contributed by atoms with Crippen LogP contribution in [0.25, 0.3) is 0 Å². The van der Waals surface area contributed by atoms with Crippen LogP contribution in [-0.4, -0.2) is 44.2 Å². The number of amides is 1. The third-order valence-corrected chi connectivity index (χ3v) is 4.71. The Kier molecular flexibility index (Phi) is 6.99. The number of nitrogens with one attached hydrogen (secondary N) is 1. The second kappa shape index (κ2) is 9.22. The van der Waals surface area contributed by atoms with Crippen molar-refractivity contribution in [3.63, 3.8) is 0 Å². The summed E-state index contributed by atoms with van der Waals surface area (Å²) in [5.74, 6) is -4.99. The number of nitrogens with zero attached hydrogens (tertiary/aromatic N) is 1. The molecule has 1 N–H and O–H groups in total. The maximum absolute atomic E-state index is 12.5. The fourth-order valence-corrected chi connectivity index (χ4v) is 2.76. The summed E-state index contributed by atoms with van der Waals surface area (Å²) in [6.45, 7) is 1.38. The number of pyridine rings is 1. The van der Waals surface area contributed by atoms with E-state index in [1.807, 2.05) is 0 Å².